The van der Waals surface area contributed by atoms with E-state index in [0.29, 0.717) is 11.4 Å². The highest BCUT2D eigenvalue weighted by atomic mass is 16.2. The third kappa shape index (κ3) is 2.91. The minimum Gasteiger partial charge on any atom is -0.358 e. The van der Waals surface area contributed by atoms with Gasteiger partial charge in [0.1, 0.15) is 11.9 Å². The number of para-hydroxylation sites is 1. The van der Waals surface area contributed by atoms with Gasteiger partial charge in [0, 0.05) is 18.4 Å². The quantitative estimate of drug-likeness (QED) is 0.944. The number of nitrogens with zero attached hydrogens (tertiary/aromatic N) is 3. The highest BCUT2D eigenvalue weighted by Gasteiger charge is 2.29. The van der Waals surface area contributed by atoms with Crippen molar-refractivity contribution in [3.05, 3.63) is 54.2 Å². The first-order valence-electron chi connectivity index (χ1n) is 7.27. The Morgan fingerprint density at radius 2 is 2.09 bits per heavy atom. The molecule has 1 aromatic carbocycles. The Kier molecular flexibility index (Phi) is 4.01. The molecule has 1 aromatic heterocycles. The molecule has 0 spiro atoms. The molecule has 1 saturated heterocycles. The fraction of sp³-hybridized carbons (Fsp3) is 0.235. The number of hydrogen-bond donors (Lipinski definition) is 1. The number of rotatable bonds is 3. The molecule has 0 radical (unpaired) electrons. The maximum atomic E-state index is 12.7. The van der Waals surface area contributed by atoms with E-state index in [-0.39, 0.29) is 11.9 Å². The summed E-state index contributed by atoms with van der Waals surface area (Å²) in [6.07, 6.45) is 3.26. The van der Waals surface area contributed by atoms with Gasteiger partial charge in [-0.25, -0.2) is 4.98 Å². The third-order valence-electron chi connectivity index (χ3n) is 3.72. The van der Waals surface area contributed by atoms with E-state index < -0.39 is 0 Å². The summed E-state index contributed by atoms with van der Waals surface area (Å²) >= 11 is 0. The van der Waals surface area contributed by atoms with Gasteiger partial charge in [-0.15, -0.1) is 0 Å². The molecule has 5 heteroatoms. The Hall–Kier alpha value is -2.87. The van der Waals surface area contributed by atoms with Gasteiger partial charge in [0.15, 0.2) is 0 Å². The summed E-state index contributed by atoms with van der Waals surface area (Å²) in [5, 5.41) is 12.1. The molecule has 3 rings (SSSR count). The van der Waals surface area contributed by atoms with Crippen LogP contribution in [0.4, 0.5) is 11.5 Å². The molecule has 2 heterocycles. The predicted octanol–water partition coefficient (Wildman–Crippen LogP) is 2.56. The van der Waals surface area contributed by atoms with E-state index in [9.17, 15) is 4.79 Å². The molecule has 0 bridgehead atoms. The van der Waals surface area contributed by atoms with Crippen molar-refractivity contribution in [1.29, 1.82) is 5.26 Å². The fourth-order valence-electron chi connectivity index (χ4n) is 2.63. The summed E-state index contributed by atoms with van der Waals surface area (Å²) in [6, 6.07) is 14.7. The molecule has 1 fully saturated rings. The van der Waals surface area contributed by atoms with Crippen LogP contribution in [0.3, 0.4) is 0 Å². The second kappa shape index (κ2) is 6.27. The van der Waals surface area contributed by atoms with Crippen LogP contribution in [0.2, 0.25) is 0 Å². The van der Waals surface area contributed by atoms with E-state index in [1.54, 1.807) is 23.2 Å². The van der Waals surface area contributed by atoms with Crippen LogP contribution < -0.4 is 10.2 Å². The van der Waals surface area contributed by atoms with E-state index in [4.69, 9.17) is 5.26 Å². The van der Waals surface area contributed by atoms with Crippen molar-refractivity contribution in [2.45, 2.75) is 18.9 Å². The Balaban J connectivity index is 1.77. The number of pyridine rings is 1. The number of nitriles is 1. The summed E-state index contributed by atoms with van der Waals surface area (Å²) in [5.74, 6) is 0.605. The number of piperidine rings is 1. The zero-order chi connectivity index (χ0) is 15.4. The number of nitrogens with one attached hydrogen (secondary N) is 1. The van der Waals surface area contributed by atoms with Gasteiger partial charge >= 0.3 is 0 Å². The van der Waals surface area contributed by atoms with Gasteiger partial charge < -0.3 is 10.2 Å². The van der Waals surface area contributed by atoms with Crippen LogP contribution in [0, 0.1) is 11.3 Å². The highest BCUT2D eigenvalue weighted by molar-refractivity contribution is 5.99. The molecule has 1 aliphatic rings. The molecule has 2 aromatic rings. The van der Waals surface area contributed by atoms with Crippen molar-refractivity contribution >= 4 is 17.4 Å². The maximum Gasteiger partial charge on any atom is 0.249 e. The fourth-order valence-corrected chi connectivity index (χ4v) is 2.63. The third-order valence-corrected chi connectivity index (χ3v) is 3.72. The lowest BCUT2D eigenvalue weighted by Gasteiger charge is -2.32. The maximum absolute atomic E-state index is 12.7. The predicted molar refractivity (Wildman–Crippen MR) is 84.4 cm³/mol. The number of benzene rings is 1. The molecule has 22 heavy (non-hydrogen) atoms. The Morgan fingerprint density at radius 3 is 2.86 bits per heavy atom. The molecule has 5 nitrogen and oxygen atoms in total. The van der Waals surface area contributed by atoms with Crippen molar-refractivity contribution in [1.82, 2.24) is 4.98 Å². The molecule has 1 unspecified atom stereocenters. The number of anilines is 2. The lowest BCUT2D eigenvalue weighted by atomic mass is 10.0. The van der Waals surface area contributed by atoms with Gasteiger partial charge in [0.25, 0.3) is 0 Å². The lowest BCUT2D eigenvalue weighted by molar-refractivity contribution is -0.120. The number of amides is 1. The van der Waals surface area contributed by atoms with Crippen molar-refractivity contribution in [3.63, 3.8) is 0 Å². The van der Waals surface area contributed by atoms with Gasteiger partial charge in [-0.2, -0.15) is 5.26 Å². The molecule has 1 amide bonds. The SMILES string of the molecule is N#Cc1ccnc(NC2CCCN(c3ccccc3)C2=O)c1. The number of carbonyl (C=O) groups excluding carboxylic acids is 1. The van der Waals surface area contributed by atoms with Crippen LogP contribution >= 0.6 is 0 Å². The van der Waals surface area contributed by atoms with Crippen molar-refractivity contribution in [2.24, 2.45) is 0 Å². The van der Waals surface area contributed by atoms with Crippen molar-refractivity contribution in [2.75, 3.05) is 16.8 Å². The second-order valence-corrected chi connectivity index (χ2v) is 5.21. The van der Waals surface area contributed by atoms with Crippen LogP contribution in [0.1, 0.15) is 18.4 Å². The average molecular weight is 292 g/mol. The minimum absolute atomic E-state index is 0.0432. The first-order chi connectivity index (χ1) is 10.8. The van der Waals surface area contributed by atoms with E-state index in [1.807, 2.05) is 30.3 Å². The first kappa shape index (κ1) is 14.1. The standard InChI is InChI=1S/C17H16N4O/c18-12-13-8-9-19-16(11-13)20-15-7-4-10-21(17(15)22)14-5-2-1-3-6-14/h1-3,5-6,8-9,11,15H,4,7,10H2,(H,19,20). The van der Waals surface area contributed by atoms with Crippen LogP contribution in [-0.4, -0.2) is 23.5 Å². The molecular formula is C17H16N4O. The molecule has 0 aliphatic carbocycles. The monoisotopic (exact) mass is 292 g/mol. The van der Waals surface area contributed by atoms with Crippen LogP contribution in [0.25, 0.3) is 0 Å². The topological polar surface area (TPSA) is 69.0 Å². The number of carbonyl (C=O) groups is 1. The van der Waals surface area contributed by atoms with Gasteiger partial charge in [-0.05, 0) is 37.1 Å². The lowest BCUT2D eigenvalue weighted by Crippen LogP contribution is -2.47. The summed E-state index contributed by atoms with van der Waals surface area (Å²) in [7, 11) is 0. The van der Waals surface area contributed by atoms with E-state index in [1.165, 1.54) is 0 Å². The summed E-state index contributed by atoms with van der Waals surface area (Å²) < 4.78 is 0. The number of hydrogen-bond acceptors (Lipinski definition) is 4. The van der Waals surface area contributed by atoms with Crippen molar-refractivity contribution in [3.8, 4) is 6.07 Å². The van der Waals surface area contributed by atoms with Gasteiger partial charge in [0.2, 0.25) is 5.91 Å². The zero-order valence-electron chi connectivity index (χ0n) is 12.1. The zero-order valence-corrected chi connectivity index (χ0v) is 12.1. The minimum atomic E-state index is -0.310. The van der Waals surface area contributed by atoms with Crippen LogP contribution in [0.15, 0.2) is 48.7 Å². The van der Waals surface area contributed by atoms with Crippen LogP contribution in [0.5, 0.6) is 0 Å². The highest BCUT2D eigenvalue weighted by Crippen LogP contribution is 2.22. The van der Waals surface area contributed by atoms with Gasteiger partial charge in [0.05, 0.1) is 11.6 Å². The molecule has 1 atom stereocenters. The second-order valence-electron chi connectivity index (χ2n) is 5.21. The van der Waals surface area contributed by atoms with E-state index in [0.717, 1.165) is 25.1 Å². The Bertz CT molecular complexity index is 708. The molecule has 1 aliphatic heterocycles. The van der Waals surface area contributed by atoms with Gasteiger partial charge in [-0.1, -0.05) is 18.2 Å². The summed E-state index contributed by atoms with van der Waals surface area (Å²) in [4.78, 5) is 18.6. The molecule has 0 saturated carbocycles. The Morgan fingerprint density at radius 1 is 1.27 bits per heavy atom. The smallest absolute Gasteiger partial charge is 0.249 e. The average Bonchev–Trinajstić information content (AvgIpc) is 2.58. The van der Waals surface area contributed by atoms with Gasteiger partial charge in [-0.3, -0.25) is 4.79 Å². The Labute approximate surface area is 129 Å². The normalized spacial score (nSPS) is 17.9. The largest absolute Gasteiger partial charge is 0.358 e. The summed E-state index contributed by atoms with van der Waals surface area (Å²) in [6.45, 7) is 0.729. The first-order valence-corrected chi connectivity index (χ1v) is 7.27. The molecule has 110 valence electrons. The molecular weight excluding hydrogens is 276 g/mol. The summed E-state index contributed by atoms with van der Waals surface area (Å²) in [5.41, 5.74) is 1.44. The van der Waals surface area contributed by atoms with E-state index >= 15 is 0 Å². The van der Waals surface area contributed by atoms with E-state index in [2.05, 4.69) is 16.4 Å². The molecule has 1 N–H and O–H groups in total. The van der Waals surface area contributed by atoms with Crippen LogP contribution in [-0.2, 0) is 4.79 Å². The van der Waals surface area contributed by atoms with Crippen molar-refractivity contribution < 1.29 is 4.79 Å². The number of aromatic nitrogens is 1.